The fourth-order valence-electron chi connectivity index (χ4n) is 3.34. The first kappa shape index (κ1) is 12.4. The molecule has 0 amide bonds. The summed E-state index contributed by atoms with van der Waals surface area (Å²) < 4.78 is 29.1. The van der Waals surface area contributed by atoms with Crippen LogP contribution >= 0.6 is 8.25 Å². The molecule has 3 fully saturated rings. The van der Waals surface area contributed by atoms with Crippen LogP contribution in [0.3, 0.4) is 0 Å². The maximum Gasteiger partial charge on any atom is 0.698 e. The van der Waals surface area contributed by atoms with E-state index < -0.39 is 36.7 Å². The first-order chi connectivity index (χ1) is 9.46. The molecule has 3 aliphatic rings. The van der Waals surface area contributed by atoms with E-state index in [0.717, 1.165) is 0 Å². The molecule has 2 aliphatic heterocycles. The molecule has 5 unspecified atom stereocenters. The van der Waals surface area contributed by atoms with E-state index in [-0.39, 0.29) is 12.7 Å². The van der Waals surface area contributed by atoms with Crippen LogP contribution in [0.15, 0.2) is 21.9 Å². The van der Waals surface area contributed by atoms with Crippen molar-refractivity contribution in [1.29, 1.82) is 0 Å². The second-order valence-electron chi connectivity index (χ2n) is 5.59. The lowest BCUT2D eigenvalue weighted by molar-refractivity contribution is -0.0931. The fourth-order valence-corrected chi connectivity index (χ4v) is 4.30. The van der Waals surface area contributed by atoms with Gasteiger partial charge in [-0.05, 0) is 6.42 Å². The van der Waals surface area contributed by atoms with Crippen LogP contribution in [0.4, 0.5) is 0 Å². The standard InChI is InChI=1S/C11H11N2O6P/c1-10-5-11(10)6(4-17-20(16)19-11)18-8(10)13-3-2-7(14)12-9(13)15/h2-3,6,8H,4-5H2,1H3/p+1. The molecule has 20 heavy (non-hydrogen) atoms. The topological polar surface area (TPSA) is 99.6 Å². The molecular weight excluding hydrogens is 287 g/mol. The zero-order chi connectivity index (χ0) is 14.1. The Bertz CT molecular complexity index is 728. The molecule has 9 heteroatoms. The minimum atomic E-state index is -2.14. The largest absolute Gasteiger partial charge is 0.698 e. The molecule has 1 spiro atoms. The van der Waals surface area contributed by atoms with Gasteiger partial charge in [0.05, 0.1) is 5.41 Å². The summed E-state index contributed by atoms with van der Waals surface area (Å²) in [6, 6.07) is 1.27. The number of nitrogens with one attached hydrogen (secondary N) is 1. The Balaban J connectivity index is 1.77. The Morgan fingerprint density at radius 2 is 2.30 bits per heavy atom. The zero-order valence-electron chi connectivity index (χ0n) is 10.6. The van der Waals surface area contributed by atoms with Crippen LogP contribution < -0.4 is 11.2 Å². The molecule has 4 rings (SSSR count). The third-order valence-corrected chi connectivity index (χ3v) is 5.34. The van der Waals surface area contributed by atoms with E-state index in [0.29, 0.717) is 6.42 Å². The van der Waals surface area contributed by atoms with E-state index in [4.69, 9.17) is 13.8 Å². The van der Waals surface area contributed by atoms with Gasteiger partial charge in [-0.3, -0.25) is 14.3 Å². The Morgan fingerprint density at radius 3 is 3.05 bits per heavy atom. The lowest BCUT2D eigenvalue weighted by atomic mass is 10.0. The molecule has 1 aliphatic carbocycles. The molecule has 1 aromatic heterocycles. The predicted octanol–water partition coefficient (Wildman–Crippen LogP) is 0.287. The van der Waals surface area contributed by atoms with Gasteiger partial charge < -0.3 is 4.74 Å². The third kappa shape index (κ3) is 1.37. The molecule has 1 N–H and O–H groups in total. The number of ether oxygens (including phenoxy) is 1. The molecular formula is C11H12N2O6P+. The van der Waals surface area contributed by atoms with E-state index in [1.807, 2.05) is 6.92 Å². The second kappa shape index (κ2) is 3.65. The van der Waals surface area contributed by atoms with Crippen LogP contribution in [-0.2, 0) is 18.3 Å². The number of aromatic amines is 1. The summed E-state index contributed by atoms with van der Waals surface area (Å²) in [5, 5.41) is 0. The molecule has 0 radical (unpaired) electrons. The van der Waals surface area contributed by atoms with Gasteiger partial charge in [0.25, 0.3) is 5.56 Å². The van der Waals surface area contributed by atoms with Crippen LogP contribution in [0.2, 0.25) is 0 Å². The smallest absolute Gasteiger partial charge is 0.348 e. The van der Waals surface area contributed by atoms with Gasteiger partial charge in [0, 0.05) is 16.8 Å². The molecule has 0 aromatic carbocycles. The van der Waals surface area contributed by atoms with Crippen molar-refractivity contribution in [2.45, 2.75) is 31.3 Å². The number of rotatable bonds is 1. The van der Waals surface area contributed by atoms with Gasteiger partial charge >= 0.3 is 13.9 Å². The van der Waals surface area contributed by atoms with Crippen molar-refractivity contribution in [3.8, 4) is 0 Å². The quantitative estimate of drug-likeness (QED) is 0.748. The molecule has 5 atom stereocenters. The summed E-state index contributed by atoms with van der Waals surface area (Å²) >= 11 is 0. The summed E-state index contributed by atoms with van der Waals surface area (Å²) in [6.45, 7) is 2.10. The van der Waals surface area contributed by atoms with Gasteiger partial charge in [0.2, 0.25) is 0 Å². The summed E-state index contributed by atoms with van der Waals surface area (Å²) in [4.78, 5) is 25.2. The molecule has 2 saturated heterocycles. The molecule has 0 bridgehead atoms. The average Bonchev–Trinajstić information content (AvgIpc) is 2.88. The van der Waals surface area contributed by atoms with Crippen molar-refractivity contribution >= 4 is 8.25 Å². The van der Waals surface area contributed by atoms with Crippen molar-refractivity contribution in [3.63, 3.8) is 0 Å². The minimum absolute atomic E-state index is 0.180. The van der Waals surface area contributed by atoms with Crippen molar-refractivity contribution < 1.29 is 18.3 Å². The highest BCUT2D eigenvalue weighted by Gasteiger charge is 2.84. The molecule has 106 valence electrons. The van der Waals surface area contributed by atoms with Gasteiger partial charge in [-0.2, -0.15) is 0 Å². The van der Waals surface area contributed by atoms with Crippen molar-refractivity contribution in [2.24, 2.45) is 5.41 Å². The summed E-state index contributed by atoms with van der Waals surface area (Å²) in [6.07, 6.45) is 1.12. The van der Waals surface area contributed by atoms with Crippen molar-refractivity contribution in [2.75, 3.05) is 6.61 Å². The van der Waals surface area contributed by atoms with Crippen LogP contribution in [0.5, 0.6) is 0 Å². The first-order valence-electron chi connectivity index (χ1n) is 6.22. The Morgan fingerprint density at radius 1 is 1.50 bits per heavy atom. The average molecular weight is 299 g/mol. The fraction of sp³-hybridized carbons (Fsp3) is 0.636. The maximum atomic E-state index is 11.9. The van der Waals surface area contributed by atoms with Crippen LogP contribution in [-0.4, -0.2) is 27.9 Å². The Hall–Kier alpha value is -1.34. The van der Waals surface area contributed by atoms with Crippen LogP contribution in [0.25, 0.3) is 0 Å². The van der Waals surface area contributed by atoms with Gasteiger partial charge in [-0.25, -0.2) is 4.79 Å². The highest BCUT2D eigenvalue weighted by Crippen LogP contribution is 2.75. The normalized spacial score (nSPS) is 44.0. The maximum absolute atomic E-state index is 11.9. The van der Waals surface area contributed by atoms with Crippen LogP contribution in [0, 0.1) is 5.41 Å². The van der Waals surface area contributed by atoms with E-state index in [1.165, 1.54) is 16.8 Å². The number of nitrogens with zero attached hydrogens (tertiary/aromatic N) is 1. The first-order valence-corrected chi connectivity index (χ1v) is 7.32. The number of hydrogen-bond donors (Lipinski definition) is 1. The van der Waals surface area contributed by atoms with Crippen molar-refractivity contribution in [1.82, 2.24) is 9.55 Å². The SMILES string of the molecule is CC12CC13O[P+](=O)OCC3OC2n1ccc(=O)[nH]c1=O. The third-order valence-electron chi connectivity index (χ3n) is 4.50. The summed E-state index contributed by atoms with van der Waals surface area (Å²) in [5.74, 6) is 0. The number of hydrogen-bond acceptors (Lipinski definition) is 6. The van der Waals surface area contributed by atoms with Gasteiger partial charge in [-0.1, -0.05) is 6.92 Å². The monoisotopic (exact) mass is 299 g/mol. The Labute approximate surface area is 113 Å². The van der Waals surface area contributed by atoms with E-state index >= 15 is 0 Å². The zero-order valence-corrected chi connectivity index (χ0v) is 11.5. The molecule has 1 saturated carbocycles. The Kier molecular flexibility index (Phi) is 2.26. The second-order valence-corrected chi connectivity index (χ2v) is 6.48. The highest BCUT2D eigenvalue weighted by atomic mass is 31.1. The minimum Gasteiger partial charge on any atom is -0.348 e. The van der Waals surface area contributed by atoms with E-state index in [1.54, 1.807) is 0 Å². The molecule has 3 heterocycles. The van der Waals surface area contributed by atoms with E-state index in [2.05, 4.69) is 4.98 Å². The van der Waals surface area contributed by atoms with E-state index in [9.17, 15) is 14.2 Å². The van der Waals surface area contributed by atoms with Gasteiger partial charge in [0.15, 0.2) is 5.60 Å². The molecule has 1 aromatic rings. The number of aromatic nitrogens is 2. The molecule has 8 nitrogen and oxygen atoms in total. The lowest BCUT2D eigenvalue weighted by Crippen LogP contribution is -2.36. The van der Waals surface area contributed by atoms with Gasteiger partial charge in [-0.15, -0.1) is 9.05 Å². The predicted molar refractivity (Wildman–Crippen MR) is 65.3 cm³/mol. The highest BCUT2D eigenvalue weighted by molar-refractivity contribution is 7.33. The summed E-state index contributed by atoms with van der Waals surface area (Å²) in [7, 11) is -2.14. The van der Waals surface area contributed by atoms with Gasteiger partial charge in [0.1, 0.15) is 18.9 Å². The lowest BCUT2D eigenvalue weighted by Gasteiger charge is -2.21. The van der Waals surface area contributed by atoms with Crippen molar-refractivity contribution in [3.05, 3.63) is 33.1 Å². The number of H-pyrrole nitrogens is 1. The van der Waals surface area contributed by atoms with Crippen LogP contribution in [0.1, 0.15) is 19.6 Å². The summed E-state index contributed by atoms with van der Waals surface area (Å²) in [5.41, 5.74) is -2.09.